The molecule has 0 fully saturated rings. The highest BCUT2D eigenvalue weighted by molar-refractivity contribution is 7.10. The van der Waals surface area contributed by atoms with Crippen LogP contribution in [-0.4, -0.2) is 29.6 Å². The number of benzene rings is 1. The van der Waals surface area contributed by atoms with Crippen molar-refractivity contribution in [3.63, 3.8) is 0 Å². The lowest BCUT2D eigenvalue weighted by molar-refractivity contribution is -0.384. The van der Waals surface area contributed by atoms with Gasteiger partial charge in [-0.05, 0) is 30.0 Å². The van der Waals surface area contributed by atoms with E-state index in [1.165, 1.54) is 36.6 Å². The van der Waals surface area contributed by atoms with Crippen LogP contribution in [0.5, 0.6) is 0 Å². The third kappa shape index (κ3) is 4.05. The zero-order valence-electron chi connectivity index (χ0n) is 12.5. The SMILES string of the molecule is CNC(=O)c1ccc(NC(CCO)c2cccs2)c([N+](=O)[O-])c1. The molecule has 0 aliphatic heterocycles. The summed E-state index contributed by atoms with van der Waals surface area (Å²) in [5, 5.41) is 28.0. The number of nitrogens with one attached hydrogen (secondary N) is 2. The van der Waals surface area contributed by atoms with Gasteiger partial charge in [-0.3, -0.25) is 14.9 Å². The molecule has 3 N–H and O–H groups in total. The first kappa shape index (κ1) is 16.9. The fraction of sp³-hybridized carbons (Fsp3) is 0.267. The predicted octanol–water partition coefficient (Wildman–Crippen LogP) is 2.55. The molecule has 1 unspecified atom stereocenters. The standard InChI is InChI=1S/C15H17N3O4S/c1-16-15(20)10-4-5-11(13(9-10)18(21)22)17-12(6-7-19)14-3-2-8-23-14/h2-5,8-9,12,17,19H,6-7H2,1H3,(H,16,20). The Hall–Kier alpha value is -2.45. The minimum absolute atomic E-state index is 0.0420. The van der Waals surface area contributed by atoms with Crippen LogP contribution in [0.2, 0.25) is 0 Å². The van der Waals surface area contributed by atoms with Gasteiger partial charge in [0, 0.05) is 30.2 Å². The lowest BCUT2D eigenvalue weighted by Gasteiger charge is -2.18. The van der Waals surface area contributed by atoms with Gasteiger partial charge < -0.3 is 15.7 Å². The van der Waals surface area contributed by atoms with Crippen LogP contribution in [0.15, 0.2) is 35.7 Å². The number of hydrogen-bond acceptors (Lipinski definition) is 6. The molecular formula is C15H17N3O4S. The summed E-state index contributed by atoms with van der Waals surface area (Å²) >= 11 is 1.51. The Balaban J connectivity index is 2.33. The highest BCUT2D eigenvalue weighted by Crippen LogP contribution is 2.32. The fourth-order valence-electron chi connectivity index (χ4n) is 2.18. The van der Waals surface area contributed by atoms with Gasteiger partial charge in [0.1, 0.15) is 5.69 Å². The molecule has 1 aromatic heterocycles. The molecule has 2 rings (SSSR count). The molecule has 1 heterocycles. The topological polar surface area (TPSA) is 104 Å². The Kier molecular flexibility index (Phi) is 5.67. The molecule has 0 radical (unpaired) electrons. The number of aliphatic hydroxyl groups excluding tert-OH is 1. The molecule has 0 saturated carbocycles. The summed E-state index contributed by atoms with van der Waals surface area (Å²) < 4.78 is 0. The molecule has 7 nitrogen and oxygen atoms in total. The van der Waals surface area contributed by atoms with Crippen LogP contribution in [0.25, 0.3) is 0 Å². The van der Waals surface area contributed by atoms with E-state index >= 15 is 0 Å². The molecule has 2 aromatic rings. The van der Waals surface area contributed by atoms with Gasteiger partial charge in [0.2, 0.25) is 0 Å². The Labute approximate surface area is 137 Å². The quantitative estimate of drug-likeness (QED) is 0.533. The average Bonchev–Trinajstić information content (AvgIpc) is 3.08. The number of hydrogen-bond donors (Lipinski definition) is 3. The summed E-state index contributed by atoms with van der Waals surface area (Å²) in [5.74, 6) is -0.384. The van der Waals surface area contributed by atoms with Gasteiger partial charge in [0.25, 0.3) is 11.6 Å². The molecule has 0 aliphatic carbocycles. The predicted molar refractivity (Wildman–Crippen MR) is 88.9 cm³/mol. The molecule has 122 valence electrons. The van der Waals surface area contributed by atoms with Crippen molar-refractivity contribution < 1.29 is 14.8 Å². The third-order valence-corrected chi connectivity index (χ3v) is 4.30. The molecular weight excluding hydrogens is 318 g/mol. The highest BCUT2D eigenvalue weighted by Gasteiger charge is 2.20. The van der Waals surface area contributed by atoms with Crippen LogP contribution in [0.3, 0.4) is 0 Å². The van der Waals surface area contributed by atoms with E-state index in [9.17, 15) is 20.0 Å². The second-order valence-electron chi connectivity index (χ2n) is 4.79. The Morgan fingerprint density at radius 2 is 2.22 bits per heavy atom. The van der Waals surface area contributed by atoms with Crippen molar-refractivity contribution in [1.82, 2.24) is 5.32 Å². The fourth-order valence-corrected chi connectivity index (χ4v) is 2.99. The van der Waals surface area contributed by atoms with Crippen LogP contribution >= 0.6 is 11.3 Å². The number of anilines is 1. The lowest BCUT2D eigenvalue weighted by atomic mass is 10.1. The van der Waals surface area contributed by atoms with E-state index in [-0.39, 0.29) is 29.8 Å². The van der Waals surface area contributed by atoms with Crippen molar-refractivity contribution in [2.75, 3.05) is 19.0 Å². The van der Waals surface area contributed by atoms with E-state index in [1.54, 1.807) is 0 Å². The summed E-state index contributed by atoms with van der Waals surface area (Å²) in [6.07, 6.45) is 0.425. The monoisotopic (exact) mass is 335 g/mol. The molecule has 1 atom stereocenters. The number of carbonyl (C=O) groups is 1. The first-order valence-electron chi connectivity index (χ1n) is 6.98. The summed E-state index contributed by atoms with van der Waals surface area (Å²) in [7, 11) is 1.47. The van der Waals surface area contributed by atoms with Gasteiger partial charge in [0.15, 0.2) is 0 Å². The first-order valence-corrected chi connectivity index (χ1v) is 7.86. The van der Waals surface area contributed by atoms with Crippen LogP contribution in [0, 0.1) is 10.1 Å². The summed E-state index contributed by atoms with van der Waals surface area (Å²) in [4.78, 5) is 23.4. The van der Waals surface area contributed by atoms with Gasteiger partial charge in [-0.1, -0.05) is 6.07 Å². The van der Waals surface area contributed by atoms with Gasteiger partial charge in [0.05, 0.1) is 11.0 Å². The second-order valence-corrected chi connectivity index (χ2v) is 5.77. The average molecular weight is 335 g/mol. The van der Waals surface area contributed by atoms with Gasteiger partial charge in [-0.25, -0.2) is 0 Å². The molecule has 8 heteroatoms. The molecule has 1 amide bonds. The van der Waals surface area contributed by atoms with Crippen LogP contribution in [0.1, 0.15) is 27.7 Å². The Bertz CT molecular complexity index is 688. The normalized spacial score (nSPS) is 11.7. The zero-order chi connectivity index (χ0) is 16.8. The van der Waals surface area contributed by atoms with E-state index in [1.807, 2.05) is 17.5 Å². The van der Waals surface area contributed by atoms with E-state index < -0.39 is 4.92 Å². The number of aliphatic hydroxyl groups is 1. The molecule has 0 aliphatic rings. The summed E-state index contributed by atoms with van der Waals surface area (Å²) in [5.41, 5.74) is 0.361. The van der Waals surface area contributed by atoms with Crippen molar-refractivity contribution in [2.24, 2.45) is 0 Å². The van der Waals surface area contributed by atoms with Crippen molar-refractivity contribution in [3.8, 4) is 0 Å². The van der Waals surface area contributed by atoms with Crippen molar-refractivity contribution in [1.29, 1.82) is 0 Å². The van der Waals surface area contributed by atoms with Gasteiger partial charge in [-0.2, -0.15) is 0 Å². The summed E-state index contributed by atoms with van der Waals surface area (Å²) in [6, 6.07) is 7.84. The zero-order valence-corrected chi connectivity index (χ0v) is 13.3. The van der Waals surface area contributed by atoms with E-state index in [0.29, 0.717) is 12.1 Å². The smallest absolute Gasteiger partial charge is 0.293 e. The number of rotatable bonds is 7. The maximum absolute atomic E-state index is 11.6. The maximum atomic E-state index is 11.6. The van der Waals surface area contributed by atoms with E-state index in [4.69, 9.17) is 0 Å². The molecule has 23 heavy (non-hydrogen) atoms. The molecule has 0 bridgehead atoms. The molecule has 0 saturated heterocycles. The van der Waals surface area contributed by atoms with Gasteiger partial charge >= 0.3 is 0 Å². The minimum atomic E-state index is -0.529. The Morgan fingerprint density at radius 3 is 2.78 bits per heavy atom. The molecule has 1 aromatic carbocycles. The number of carbonyl (C=O) groups excluding carboxylic acids is 1. The third-order valence-electron chi connectivity index (χ3n) is 3.32. The number of nitro groups is 1. The van der Waals surface area contributed by atoms with Crippen molar-refractivity contribution in [2.45, 2.75) is 12.5 Å². The number of amides is 1. The van der Waals surface area contributed by atoms with Crippen molar-refractivity contribution >= 4 is 28.6 Å². The van der Waals surface area contributed by atoms with E-state index in [2.05, 4.69) is 10.6 Å². The van der Waals surface area contributed by atoms with Crippen molar-refractivity contribution in [3.05, 3.63) is 56.3 Å². The largest absolute Gasteiger partial charge is 0.396 e. The Morgan fingerprint density at radius 1 is 1.43 bits per heavy atom. The number of thiophene rings is 1. The molecule has 0 spiro atoms. The maximum Gasteiger partial charge on any atom is 0.293 e. The van der Waals surface area contributed by atoms with Crippen LogP contribution < -0.4 is 10.6 Å². The number of nitrogens with zero attached hydrogens (tertiary/aromatic N) is 1. The number of nitro benzene ring substituents is 1. The summed E-state index contributed by atoms with van der Waals surface area (Å²) in [6.45, 7) is -0.0420. The first-order chi connectivity index (χ1) is 11.1. The second kappa shape index (κ2) is 7.70. The van der Waals surface area contributed by atoms with Gasteiger partial charge in [-0.15, -0.1) is 11.3 Å². The van der Waals surface area contributed by atoms with Crippen LogP contribution in [-0.2, 0) is 0 Å². The lowest BCUT2D eigenvalue weighted by Crippen LogP contribution is -2.18. The minimum Gasteiger partial charge on any atom is -0.396 e. The highest BCUT2D eigenvalue weighted by atomic mass is 32.1. The van der Waals surface area contributed by atoms with E-state index in [0.717, 1.165) is 4.88 Å². The van der Waals surface area contributed by atoms with Crippen LogP contribution in [0.4, 0.5) is 11.4 Å².